The summed E-state index contributed by atoms with van der Waals surface area (Å²) in [4.78, 5) is 2.69. The van der Waals surface area contributed by atoms with E-state index < -0.39 is 0 Å². The van der Waals surface area contributed by atoms with Crippen molar-refractivity contribution in [1.82, 2.24) is 15.5 Å². The van der Waals surface area contributed by atoms with Crippen LogP contribution >= 0.6 is 0 Å². The molecular weight excluding hydrogens is 222 g/mol. The summed E-state index contributed by atoms with van der Waals surface area (Å²) in [6.45, 7) is 12.2. The largest absolute Gasteiger partial charge is 0.317 e. The van der Waals surface area contributed by atoms with Crippen molar-refractivity contribution in [2.24, 2.45) is 11.8 Å². The van der Waals surface area contributed by atoms with Gasteiger partial charge in [-0.2, -0.15) is 0 Å². The zero-order valence-corrected chi connectivity index (χ0v) is 12.3. The Labute approximate surface area is 113 Å². The lowest BCUT2D eigenvalue weighted by Gasteiger charge is -2.32. The number of hydrogen-bond donors (Lipinski definition) is 2. The summed E-state index contributed by atoms with van der Waals surface area (Å²) in [6.07, 6.45) is 5.50. The van der Waals surface area contributed by atoms with E-state index in [-0.39, 0.29) is 0 Å². The highest BCUT2D eigenvalue weighted by Gasteiger charge is 2.24. The fourth-order valence-electron chi connectivity index (χ4n) is 3.38. The van der Waals surface area contributed by atoms with Crippen LogP contribution in [0.15, 0.2) is 0 Å². The summed E-state index contributed by atoms with van der Waals surface area (Å²) < 4.78 is 0. The Morgan fingerprint density at radius 1 is 1.17 bits per heavy atom. The van der Waals surface area contributed by atoms with Crippen molar-refractivity contribution < 1.29 is 0 Å². The van der Waals surface area contributed by atoms with E-state index >= 15 is 0 Å². The lowest BCUT2D eigenvalue weighted by atomic mass is 9.97. The first-order chi connectivity index (χ1) is 8.77. The highest BCUT2D eigenvalue weighted by atomic mass is 15.2. The highest BCUT2D eigenvalue weighted by molar-refractivity contribution is 4.81. The third kappa shape index (κ3) is 4.22. The maximum absolute atomic E-state index is 3.74. The van der Waals surface area contributed by atoms with Crippen molar-refractivity contribution in [3.63, 3.8) is 0 Å². The van der Waals surface area contributed by atoms with Crippen LogP contribution in [0.2, 0.25) is 0 Å². The first kappa shape index (κ1) is 14.3. The van der Waals surface area contributed by atoms with Crippen LogP contribution in [0.25, 0.3) is 0 Å². The minimum Gasteiger partial charge on any atom is -0.317 e. The average molecular weight is 253 g/mol. The van der Waals surface area contributed by atoms with Gasteiger partial charge in [-0.3, -0.25) is 4.90 Å². The SMILES string of the molecule is CC(C)C(CNCC1CCNCC1)N1CCCC1. The molecule has 3 heteroatoms. The molecule has 0 aromatic carbocycles. The molecule has 106 valence electrons. The van der Waals surface area contributed by atoms with Crippen molar-refractivity contribution in [3.8, 4) is 0 Å². The molecule has 2 fully saturated rings. The van der Waals surface area contributed by atoms with E-state index in [2.05, 4.69) is 29.4 Å². The second kappa shape index (κ2) is 7.46. The van der Waals surface area contributed by atoms with Gasteiger partial charge in [-0.25, -0.2) is 0 Å². The first-order valence-corrected chi connectivity index (χ1v) is 7.93. The van der Waals surface area contributed by atoms with Crippen LogP contribution in [0, 0.1) is 11.8 Å². The van der Waals surface area contributed by atoms with E-state index in [0.29, 0.717) is 0 Å². The molecule has 0 radical (unpaired) electrons. The molecule has 2 aliphatic heterocycles. The first-order valence-electron chi connectivity index (χ1n) is 7.93. The number of nitrogens with one attached hydrogen (secondary N) is 2. The number of likely N-dealkylation sites (tertiary alicyclic amines) is 1. The lowest BCUT2D eigenvalue weighted by molar-refractivity contribution is 0.183. The third-order valence-electron chi connectivity index (χ3n) is 4.62. The van der Waals surface area contributed by atoms with Crippen molar-refractivity contribution >= 4 is 0 Å². The Morgan fingerprint density at radius 3 is 2.44 bits per heavy atom. The molecule has 18 heavy (non-hydrogen) atoms. The molecule has 0 aliphatic carbocycles. The smallest absolute Gasteiger partial charge is 0.0243 e. The summed E-state index contributed by atoms with van der Waals surface area (Å²) in [7, 11) is 0. The molecular formula is C15H31N3. The van der Waals surface area contributed by atoms with Gasteiger partial charge in [0.15, 0.2) is 0 Å². The van der Waals surface area contributed by atoms with Crippen molar-refractivity contribution in [1.29, 1.82) is 0 Å². The molecule has 0 amide bonds. The third-order valence-corrected chi connectivity index (χ3v) is 4.62. The second-order valence-corrected chi connectivity index (χ2v) is 6.41. The molecule has 2 saturated heterocycles. The molecule has 0 aromatic rings. The zero-order chi connectivity index (χ0) is 12.8. The summed E-state index contributed by atoms with van der Waals surface area (Å²) in [5.74, 6) is 1.67. The van der Waals surface area contributed by atoms with Gasteiger partial charge in [-0.05, 0) is 70.2 Å². The summed E-state index contributed by atoms with van der Waals surface area (Å²) in [5.41, 5.74) is 0. The van der Waals surface area contributed by atoms with Crippen LogP contribution in [-0.4, -0.2) is 50.2 Å². The molecule has 2 rings (SSSR count). The molecule has 2 aliphatic rings. The minimum absolute atomic E-state index is 0.745. The van der Waals surface area contributed by atoms with Gasteiger partial charge < -0.3 is 10.6 Å². The maximum atomic E-state index is 3.74. The molecule has 0 saturated carbocycles. The van der Waals surface area contributed by atoms with Crippen molar-refractivity contribution in [2.75, 3.05) is 39.3 Å². The molecule has 2 N–H and O–H groups in total. The van der Waals surface area contributed by atoms with E-state index in [1.54, 1.807) is 0 Å². The van der Waals surface area contributed by atoms with Crippen LogP contribution in [0.5, 0.6) is 0 Å². The van der Waals surface area contributed by atoms with Gasteiger partial charge in [-0.1, -0.05) is 13.8 Å². The molecule has 2 heterocycles. The van der Waals surface area contributed by atoms with Gasteiger partial charge in [0.1, 0.15) is 0 Å². The van der Waals surface area contributed by atoms with Gasteiger partial charge >= 0.3 is 0 Å². The molecule has 0 aromatic heterocycles. The number of hydrogen-bond acceptors (Lipinski definition) is 3. The van der Waals surface area contributed by atoms with E-state index in [4.69, 9.17) is 0 Å². The van der Waals surface area contributed by atoms with Gasteiger partial charge in [-0.15, -0.1) is 0 Å². The maximum Gasteiger partial charge on any atom is 0.0243 e. The van der Waals surface area contributed by atoms with E-state index in [9.17, 15) is 0 Å². The van der Waals surface area contributed by atoms with Gasteiger partial charge in [0.2, 0.25) is 0 Å². The summed E-state index contributed by atoms with van der Waals surface area (Å²) >= 11 is 0. The fourth-order valence-corrected chi connectivity index (χ4v) is 3.38. The Hall–Kier alpha value is -0.120. The van der Waals surface area contributed by atoms with Gasteiger partial charge in [0, 0.05) is 12.6 Å². The van der Waals surface area contributed by atoms with E-state index in [1.165, 1.54) is 65.0 Å². The van der Waals surface area contributed by atoms with Crippen molar-refractivity contribution in [2.45, 2.75) is 45.6 Å². The topological polar surface area (TPSA) is 27.3 Å². The monoisotopic (exact) mass is 253 g/mol. The Morgan fingerprint density at radius 2 is 1.83 bits per heavy atom. The number of rotatable bonds is 6. The highest BCUT2D eigenvalue weighted by Crippen LogP contribution is 2.17. The van der Waals surface area contributed by atoms with Crippen molar-refractivity contribution in [3.05, 3.63) is 0 Å². The second-order valence-electron chi connectivity index (χ2n) is 6.41. The number of nitrogens with zero attached hydrogens (tertiary/aromatic N) is 1. The number of piperidine rings is 1. The van der Waals surface area contributed by atoms with Crippen LogP contribution in [0.4, 0.5) is 0 Å². The van der Waals surface area contributed by atoms with E-state index in [1.807, 2.05) is 0 Å². The predicted molar refractivity (Wildman–Crippen MR) is 77.9 cm³/mol. The Balaban J connectivity index is 1.68. The van der Waals surface area contributed by atoms with Crippen LogP contribution in [-0.2, 0) is 0 Å². The molecule has 1 unspecified atom stereocenters. The molecule has 3 nitrogen and oxygen atoms in total. The quantitative estimate of drug-likeness (QED) is 0.754. The van der Waals surface area contributed by atoms with Crippen LogP contribution < -0.4 is 10.6 Å². The zero-order valence-electron chi connectivity index (χ0n) is 12.3. The predicted octanol–water partition coefficient (Wildman–Crippen LogP) is 1.70. The summed E-state index contributed by atoms with van der Waals surface area (Å²) in [5, 5.41) is 7.18. The Kier molecular flexibility index (Phi) is 5.93. The molecule has 0 bridgehead atoms. The fraction of sp³-hybridized carbons (Fsp3) is 1.00. The normalized spacial score (nSPS) is 24.8. The lowest BCUT2D eigenvalue weighted by Crippen LogP contribution is -2.45. The van der Waals surface area contributed by atoms with Gasteiger partial charge in [0.05, 0.1) is 0 Å². The van der Waals surface area contributed by atoms with Crippen LogP contribution in [0.3, 0.4) is 0 Å². The minimum atomic E-state index is 0.745. The van der Waals surface area contributed by atoms with Crippen LogP contribution in [0.1, 0.15) is 39.5 Å². The van der Waals surface area contributed by atoms with E-state index in [0.717, 1.165) is 17.9 Å². The standard InChI is InChI=1S/C15H31N3/c1-13(2)15(18-9-3-4-10-18)12-17-11-14-5-7-16-8-6-14/h13-17H,3-12H2,1-2H3. The average Bonchev–Trinajstić information content (AvgIpc) is 2.89. The van der Waals surface area contributed by atoms with Gasteiger partial charge in [0.25, 0.3) is 0 Å². The Bertz CT molecular complexity index is 218. The molecule has 0 spiro atoms. The molecule has 1 atom stereocenters. The summed E-state index contributed by atoms with van der Waals surface area (Å²) in [6, 6.07) is 0.745.